The number of anilines is 1. The minimum atomic E-state index is -3.21. The topological polar surface area (TPSA) is 84.3 Å². The third-order valence-electron chi connectivity index (χ3n) is 4.86. The minimum Gasteiger partial charge on any atom is -0.309 e. The molecule has 1 fully saturated rings. The lowest BCUT2D eigenvalue weighted by atomic mass is 9.97. The predicted molar refractivity (Wildman–Crippen MR) is 110 cm³/mol. The predicted octanol–water partition coefficient (Wildman–Crippen LogP) is 3.16. The van der Waals surface area contributed by atoms with E-state index in [0.717, 1.165) is 11.3 Å². The first-order chi connectivity index (χ1) is 13.1. The third-order valence-corrected chi connectivity index (χ3v) is 6.75. The van der Waals surface area contributed by atoms with Crippen molar-refractivity contribution in [1.29, 1.82) is 0 Å². The molecule has 0 spiro atoms. The summed E-state index contributed by atoms with van der Waals surface area (Å²) >= 11 is 12.2. The normalized spacial score (nSPS) is 16.3. The van der Waals surface area contributed by atoms with Crippen molar-refractivity contribution in [2.75, 3.05) is 24.7 Å². The first-order valence-electron chi connectivity index (χ1n) is 8.88. The van der Waals surface area contributed by atoms with E-state index >= 15 is 0 Å². The Morgan fingerprint density at radius 1 is 1.25 bits per heavy atom. The molecule has 28 heavy (non-hydrogen) atoms. The van der Waals surface area contributed by atoms with Gasteiger partial charge in [-0.2, -0.15) is 5.10 Å². The molecule has 1 aromatic heterocycles. The second kappa shape index (κ2) is 8.41. The van der Waals surface area contributed by atoms with Gasteiger partial charge in [-0.3, -0.25) is 9.48 Å². The number of carbonyl (C=O) groups is 1. The molecule has 0 saturated carbocycles. The summed E-state index contributed by atoms with van der Waals surface area (Å²) in [5.74, 6) is 0.106. The van der Waals surface area contributed by atoms with Crippen LogP contribution in [0.4, 0.5) is 5.82 Å². The summed E-state index contributed by atoms with van der Waals surface area (Å²) in [6.45, 7) is 3.08. The fourth-order valence-electron chi connectivity index (χ4n) is 3.22. The number of nitrogens with one attached hydrogen (secondary N) is 1. The quantitative estimate of drug-likeness (QED) is 0.767. The van der Waals surface area contributed by atoms with E-state index in [1.165, 1.54) is 10.6 Å². The number of sulfonamides is 1. The SMILES string of the molecule is Cc1cc(NC(=O)C2CCN(S(C)(=O)=O)CC2)nn1Cc1ccc(Cl)cc1Cl. The molecule has 0 bridgehead atoms. The Hall–Kier alpha value is -1.61. The van der Waals surface area contributed by atoms with Gasteiger partial charge in [0.25, 0.3) is 0 Å². The summed E-state index contributed by atoms with van der Waals surface area (Å²) in [4.78, 5) is 12.5. The summed E-state index contributed by atoms with van der Waals surface area (Å²) in [5.41, 5.74) is 1.76. The van der Waals surface area contributed by atoms with Crippen LogP contribution in [0.25, 0.3) is 0 Å². The van der Waals surface area contributed by atoms with Crippen molar-refractivity contribution in [2.45, 2.75) is 26.3 Å². The van der Waals surface area contributed by atoms with E-state index in [0.29, 0.717) is 48.3 Å². The number of hydrogen-bond acceptors (Lipinski definition) is 4. The van der Waals surface area contributed by atoms with Gasteiger partial charge < -0.3 is 5.32 Å². The molecule has 2 heterocycles. The zero-order chi connectivity index (χ0) is 20.5. The van der Waals surface area contributed by atoms with Crippen molar-refractivity contribution < 1.29 is 13.2 Å². The first-order valence-corrected chi connectivity index (χ1v) is 11.5. The van der Waals surface area contributed by atoms with Crippen LogP contribution in [0.3, 0.4) is 0 Å². The maximum Gasteiger partial charge on any atom is 0.228 e. The molecular weight excluding hydrogens is 423 g/mol. The van der Waals surface area contributed by atoms with E-state index in [-0.39, 0.29) is 11.8 Å². The van der Waals surface area contributed by atoms with Crippen LogP contribution in [0, 0.1) is 12.8 Å². The van der Waals surface area contributed by atoms with Crippen LogP contribution in [0.2, 0.25) is 10.0 Å². The Morgan fingerprint density at radius 2 is 1.93 bits per heavy atom. The van der Waals surface area contributed by atoms with E-state index in [9.17, 15) is 13.2 Å². The molecule has 1 amide bonds. The fraction of sp³-hybridized carbons (Fsp3) is 0.444. The Kier molecular flexibility index (Phi) is 6.34. The highest BCUT2D eigenvalue weighted by Gasteiger charge is 2.29. The number of nitrogens with zero attached hydrogens (tertiary/aromatic N) is 3. The van der Waals surface area contributed by atoms with E-state index in [1.807, 2.05) is 13.0 Å². The van der Waals surface area contributed by atoms with Gasteiger partial charge in [-0.05, 0) is 37.5 Å². The maximum absolute atomic E-state index is 12.5. The third kappa shape index (κ3) is 5.05. The van der Waals surface area contributed by atoms with Crippen molar-refractivity contribution in [3.8, 4) is 0 Å². The summed E-state index contributed by atoms with van der Waals surface area (Å²) in [5, 5.41) is 8.42. The van der Waals surface area contributed by atoms with Crippen LogP contribution in [0.1, 0.15) is 24.1 Å². The zero-order valence-corrected chi connectivity index (χ0v) is 18.0. The number of amides is 1. The second-order valence-corrected chi connectivity index (χ2v) is 9.82. The van der Waals surface area contributed by atoms with Gasteiger partial charge in [0.1, 0.15) is 0 Å². The maximum atomic E-state index is 12.5. The molecule has 2 aromatic rings. The molecule has 3 rings (SSSR count). The molecule has 1 aliphatic rings. The van der Waals surface area contributed by atoms with Crippen LogP contribution in [0.5, 0.6) is 0 Å². The average Bonchev–Trinajstić information content (AvgIpc) is 2.96. The molecule has 152 valence electrons. The van der Waals surface area contributed by atoms with Gasteiger partial charge in [-0.25, -0.2) is 12.7 Å². The van der Waals surface area contributed by atoms with Crippen molar-refractivity contribution in [1.82, 2.24) is 14.1 Å². The highest BCUT2D eigenvalue weighted by molar-refractivity contribution is 7.88. The Bertz CT molecular complexity index is 983. The highest BCUT2D eigenvalue weighted by Crippen LogP contribution is 2.24. The summed E-state index contributed by atoms with van der Waals surface area (Å²) in [7, 11) is -3.21. The Balaban J connectivity index is 1.63. The van der Waals surface area contributed by atoms with Gasteiger partial charge >= 0.3 is 0 Å². The number of hydrogen-bond donors (Lipinski definition) is 1. The van der Waals surface area contributed by atoms with Gasteiger partial charge in [-0.1, -0.05) is 29.3 Å². The molecule has 7 nitrogen and oxygen atoms in total. The minimum absolute atomic E-state index is 0.137. The average molecular weight is 445 g/mol. The van der Waals surface area contributed by atoms with E-state index in [4.69, 9.17) is 23.2 Å². The van der Waals surface area contributed by atoms with E-state index in [2.05, 4.69) is 10.4 Å². The molecule has 1 aromatic carbocycles. The Morgan fingerprint density at radius 3 is 2.54 bits per heavy atom. The van der Waals surface area contributed by atoms with Gasteiger partial charge in [-0.15, -0.1) is 0 Å². The van der Waals surface area contributed by atoms with Gasteiger partial charge in [0.05, 0.1) is 12.8 Å². The highest BCUT2D eigenvalue weighted by atomic mass is 35.5. The molecular formula is C18H22Cl2N4O3S. The lowest BCUT2D eigenvalue weighted by Crippen LogP contribution is -2.40. The first kappa shape index (κ1) is 21.1. The molecule has 0 atom stereocenters. The number of carbonyl (C=O) groups excluding carboxylic acids is 1. The summed E-state index contributed by atoms with van der Waals surface area (Å²) in [6.07, 6.45) is 2.19. The molecule has 0 aliphatic carbocycles. The van der Waals surface area contributed by atoms with Crippen molar-refractivity contribution >= 4 is 45.0 Å². The van der Waals surface area contributed by atoms with Crippen LogP contribution in [-0.4, -0.2) is 47.8 Å². The van der Waals surface area contributed by atoms with E-state index in [1.54, 1.807) is 22.9 Å². The summed E-state index contributed by atoms with van der Waals surface area (Å²) < 4.78 is 26.3. The molecule has 10 heteroatoms. The molecule has 1 N–H and O–H groups in total. The number of piperidine rings is 1. The fourth-order valence-corrected chi connectivity index (χ4v) is 4.56. The van der Waals surface area contributed by atoms with Gasteiger partial charge in [0.2, 0.25) is 15.9 Å². The number of halogens is 2. The van der Waals surface area contributed by atoms with Gasteiger partial charge in [0.15, 0.2) is 5.82 Å². The standard InChI is InChI=1S/C18H22Cl2N4O3S/c1-12-9-17(22-24(12)11-14-3-4-15(19)10-16(14)20)21-18(25)13-5-7-23(8-6-13)28(2,26)27/h3-4,9-10,13H,5-8,11H2,1-2H3,(H,21,22,25). The lowest BCUT2D eigenvalue weighted by Gasteiger charge is -2.29. The van der Waals surface area contributed by atoms with Gasteiger partial charge in [0, 0.05) is 40.8 Å². The smallest absolute Gasteiger partial charge is 0.228 e. The number of rotatable bonds is 5. The number of aryl methyl sites for hydroxylation is 1. The molecule has 0 radical (unpaired) electrons. The number of aromatic nitrogens is 2. The van der Waals surface area contributed by atoms with Crippen molar-refractivity contribution in [3.05, 3.63) is 45.6 Å². The number of benzene rings is 1. The Labute approximate surface area is 174 Å². The lowest BCUT2D eigenvalue weighted by molar-refractivity contribution is -0.120. The molecule has 0 unspecified atom stereocenters. The van der Waals surface area contributed by atoms with Crippen LogP contribution in [-0.2, 0) is 21.4 Å². The molecule has 1 aliphatic heterocycles. The van der Waals surface area contributed by atoms with Crippen molar-refractivity contribution in [2.24, 2.45) is 5.92 Å². The second-order valence-electron chi connectivity index (χ2n) is 6.99. The van der Waals surface area contributed by atoms with Crippen LogP contribution >= 0.6 is 23.2 Å². The molecule has 1 saturated heterocycles. The van der Waals surface area contributed by atoms with Crippen LogP contribution in [0.15, 0.2) is 24.3 Å². The summed E-state index contributed by atoms with van der Waals surface area (Å²) in [6, 6.07) is 7.10. The van der Waals surface area contributed by atoms with E-state index < -0.39 is 10.0 Å². The van der Waals surface area contributed by atoms with Crippen LogP contribution < -0.4 is 5.32 Å². The van der Waals surface area contributed by atoms with Crippen molar-refractivity contribution in [3.63, 3.8) is 0 Å². The largest absolute Gasteiger partial charge is 0.309 e. The monoisotopic (exact) mass is 444 g/mol. The zero-order valence-electron chi connectivity index (χ0n) is 15.7.